The summed E-state index contributed by atoms with van der Waals surface area (Å²) in [4.78, 5) is 12.1. The summed E-state index contributed by atoms with van der Waals surface area (Å²) in [6.07, 6.45) is 3.91. The van der Waals surface area contributed by atoms with Gasteiger partial charge < -0.3 is 5.32 Å². The van der Waals surface area contributed by atoms with E-state index in [0.29, 0.717) is 6.54 Å². The van der Waals surface area contributed by atoms with Crippen LogP contribution in [0.2, 0.25) is 0 Å². The van der Waals surface area contributed by atoms with Gasteiger partial charge >= 0.3 is 0 Å². The Kier molecular flexibility index (Phi) is 6.54. The number of hydrogen-bond acceptors (Lipinski definition) is 1. The molecule has 0 atom stereocenters. The molecule has 1 amide bonds. The van der Waals surface area contributed by atoms with Crippen molar-refractivity contribution in [2.45, 2.75) is 53.0 Å². The molecule has 0 radical (unpaired) electrons. The van der Waals surface area contributed by atoms with Crippen molar-refractivity contribution >= 4 is 5.91 Å². The maximum Gasteiger partial charge on any atom is 0.223 e. The first-order chi connectivity index (χ1) is 9.08. The largest absolute Gasteiger partial charge is 0.352 e. The monoisotopic (exact) mass is 265 g/mol. The molecule has 0 fully saturated rings. The molecular formula is C16H24FNO. The number of aryl methyl sites for hydroxylation is 1. The molecule has 0 aliphatic rings. The third kappa shape index (κ3) is 5.01. The minimum Gasteiger partial charge on any atom is -0.352 e. The van der Waals surface area contributed by atoms with Crippen LogP contribution >= 0.6 is 0 Å². The standard InChI is InChI=1S/C16H24FNO/c1-4-6-13(7-5-2)16(19)18-11-14-8-9-15(17)10-12(14)3/h8-10,13H,4-7,11H2,1-3H3,(H,18,19). The zero-order valence-electron chi connectivity index (χ0n) is 12.1. The molecule has 0 spiro atoms. The molecule has 1 N–H and O–H groups in total. The Labute approximate surface area is 115 Å². The molecule has 0 bridgehead atoms. The van der Waals surface area contributed by atoms with E-state index in [1.807, 2.05) is 6.92 Å². The fourth-order valence-electron chi connectivity index (χ4n) is 2.29. The highest BCUT2D eigenvalue weighted by molar-refractivity contribution is 5.78. The minimum absolute atomic E-state index is 0.107. The fraction of sp³-hybridized carbons (Fsp3) is 0.562. The number of rotatable bonds is 7. The van der Waals surface area contributed by atoms with E-state index in [0.717, 1.165) is 36.8 Å². The second-order valence-corrected chi connectivity index (χ2v) is 5.06. The molecule has 1 aromatic carbocycles. The van der Waals surface area contributed by atoms with E-state index in [1.165, 1.54) is 12.1 Å². The van der Waals surface area contributed by atoms with Gasteiger partial charge in [-0.15, -0.1) is 0 Å². The Morgan fingerprint density at radius 3 is 2.42 bits per heavy atom. The maximum atomic E-state index is 13.0. The lowest BCUT2D eigenvalue weighted by Gasteiger charge is -2.16. The van der Waals surface area contributed by atoms with Crippen LogP contribution in [0.4, 0.5) is 4.39 Å². The average molecular weight is 265 g/mol. The van der Waals surface area contributed by atoms with Gasteiger partial charge in [-0.05, 0) is 43.0 Å². The summed E-state index contributed by atoms with van der Waals surface area (Å²) >= 11 is 0. The smallest absolute Gasteiger partial charge is 0.223 e. The summed E-state index contributed by atoms with van der Waals surface area (Å²) in [5.74, 6) is -0.00871. The summed E-state index contributed by atoms with van der Waals surface area (Å²) in [5, 5.41) is 2.97. The number of carbonyl (C=O) groups is 1. The lowest BCUT2D eigenvalue weighted by atomic mass is 9.97. The van der Waals surface area contributed by atoms with E-state index in [4.69, 9.17) is 0 Å². The highest BCUT2D eigenvalue weighted by Gasteiger charge is 2.16. The van der Waals surface area contributed by atoms with Crippen molar-refractivity contribution in [2.75, 3.05) is 0 Å². The summed E-state index contributed by atoms with van der Waals surface area (Å²) in [5.41, 5.74) is 1.85. The molecular weight excluding hydrogens is 241 g/mol. The Hall–Kier alpha value is -1.38. The van der Waals surface area contributed by atoms with Gasteiger partial charge in [0.15, 0.2) is 0 Å². The number of amides is 1. The quantitative estimate of drug-likeness (QED) is 0.794. The second-order valence-electron chi connectivity index (χ2n) is 5.06. The van der Waals surface area contributed by atoms with E-state index in [9.17, 15) is 9.18 Å². The van der Waals surface area contributed by atoms with Crippen molar-refractivity contribution in [2.24, 2.45) is 5.92 Å². The minimum atomic E-state index is -0.234. The number of carbonyl (C=O) groups excluding carboxylic acids is 1. The highest BCUT2D eigenvalue weighted by Crippen LogP contribution is 2.15. The summed E-state index contributed by atoms with van der Waals surface area (Å²) < 4.78 is 13.0. The van der Waals surface area contributed by atoms with E-state index in [-0.39, 0.29) is 17.6 Å². The van der Waals surface area contributed by atoms with Crippen molar-refractivity contribution in [3.63, 3.8) is 0 Å². The average Bonchev–Trinajstić information content (AvgIpc) is 2.37. The van der Waals surface area contributed by atoms with E-state index in [2.05, 4.69) is 19.2 Å². The molecule has 0 unspecified atom stereocenters. The molecule has 3 heteroatoms. The SMILES string of the molecule is CCCC(CCC)C(=O)NCc1ccc(F)cc1C. The van der Waals surface area contributed by atoms with Gasteiger partial charge in [-0.3, -0.25) is 4.79 Å². The van der Waals surface area contributed by atoms with Crippen LogP contribution in [0.5, 0.6) is 0 Å². The topological polar surface area (TPSA) is 29.1 Å². The Morgan fingerprint density at radius 1 is 1.26 bits per heavy atom. The molecule has 2 nitrogen and oxygen atoms in total. The second kappa shape index (κ2) is 7.93. The number of halogens is 1. The first-order valence-corrected chi connectivity index (χ1v) is 7.11. The van der Waals surface area contributed by atoms with Crippen LogP contribution in [0.3, 0.4) is 0 Å². The third-order valence-corrected chi connectivity index (χ3v) is 3.40. The molecule has 0 aromatic heterocycles. The van der Waals surface area contributed by atoms with Crippen molar-refractivity contribution < 1.29 is 9.18 Å². The summed E-state index contributed by atoms with van der Waals surface area (Å²) in [6.45, 7) is 6.54. The fourth-order valence-corrected chi connectivity index (χ4v) is 2.29. The van der Waals surface area contributed by atoms with Crippen LogP contribution in [0, 0.1) is 18.7 Å². The highest BCUT2D eigenvalue weighted by atomic mass is 19.1. The molecule has 0 saturated carbocycles. The van der Waals surface area contributed by atoms with E-state index >= 15 is 0 Å². The van der Waals surface area contributed by atoms with Crippen LogP contribution in [-0.4, -0.2) is 5.91 Å². The Balaban J connectivity index is 2.56. The lowest BCUT2D eigenvalue weighted by Crippen LogP contribution is -2.30. The van der Waals surface area contributed by atoms with E-state index < -0.39 is 0 Å². The van der Waals surface area contributed by atoms with Crippen molar-refractivity contribution in [1.82, 2.24) is 5.32 Å². The molecule has 1 aromatic rings. The van der Waals surface area contributed by atoms with E-state index in [1.54, 1.807) is 6.07 Å². The van der Waals surface area contributed by atoms with Gasteiger partial charge in [-0.1, -0.05) is 32.8 Å². The van der Waals surface area contributed by atoms with Gasteiger partial charge in [0.2, 0.25) is 5.91 Å². The van der Waals surface area contributed by atoms with Crippen LogP contribution in [0.15, 0.2) is 18.2 Å². The number of hydrogen-bond donors (Lipinski definition) is 1. The molecule has 19 heavy (non-hydrogen) atoms. The Bertz CT molecular complexity index is 411. The van der Waals surface area contributed by atoms with Crippen molar-refractivity contribution in [3.05, 3.63) is 35.1 Å². The van der Waals surface area contributed by atoms with Gasteiger partial charge in [0.1, 0.15) is 5.82 Å². The molecule has 1 rings (SSSR count). The lowest BCUT2D eigenvalue weighted by molar-refractivity contribution is -0.125. The number of benzene rings is 1. The van der Waals surface area contributed by atoms with Gasteiger partial charge in [0.25, 0.3) is 0 Å². The van der Waals surface area contributed by atoms with Gasteiger partial charge in [-0.2, -0.15) is 0 Å². The van der Waals surface area contributed by atoms with Gasteiger partial charge in [0.05, 0.1) is 0 Å². The summed E-state index contributed by atoms with van der Waals surface area (Å²) in [7, 11) is 0. The third-order valence-electron chi connectivity index (χ3n) is 3.40. The zero-order valence-corrected chi connectivity index (χ0v) is 12.1. The Morgan fingerprint density at radius 2 is 1.89 bits per heavy atom. The summed E-state index contributed by atoms with van der Waals surface area (Å²) in [6, 6.07) is 4.67. The normalized spacial score (nSPS) is 10.8. The van der Waals surface area contributed by atoms with Crippen LogP contribution in [0.1, 0.15) is 50.7 Å². The first kappa shape index (κ1) is 15.7. The first-order valence-electron chi connectivity index (χ1n) is 7.11. The molecule has 106 valence electrons. The van der Waals surface area contributed by atoms with Crippen LogP contribution in [0.25, 0.3) is 0 Å². The zero-order chi connectivity index (χ0) is 14.3. The predicted molar refractivity (Wildman–Crippen MR) is 76.3 cm³/mol. The maximum absolute atomic E-state index is 13.0. The molecule has 0 aliphatic heterocycles. The molecule has 0 heterocycles. The van der Waals surface area contributed by atoms with Gasteiger partial charge in [-0.25, -0.2) is 4.39 Å². The van der Waals surface area contributed by atoms with Gasteiger partial charge in [0, 0.05) is 12.5 Å². The van der Waals surface area contributed by atoms with Crippen molar-refractivity contribution in [3.8, 4) is 0 Å². The predicted octanol–water partition coefficient (Wildman–Crippen LogP) is 3.97. The van der Waals surface area contributed by atoms with Crippen LogP contribution in [-0.2, 0) is 11.3 Å². The number of nitrogens with one attached hydrogen (secondary N) is 1. The van der Waals surface area contributed by atoms with Crippen LogP contribution < -0.4 is 5.32 Å². The van der Waals surface area contributed by atoms with Crippen molar-refractivity contribution in [1.29, 1.82) is 0 Å². The molecule has 0 aliphatic carbocycles. The molecule has 0 saturated heterocycles.